The van der Waals surface area contributed by atoms with Crippen molar-refractivity contribution in [2.24, 2.45) is 0 Å². The number of ether oxygens (including phenoxy) is 3. The highest BCUT2D eigenvalue weighted by molar-refractivity contribution is 5.96. The van der Waals surface area contributed by atoms with Gasteiger partial charge in [0.25, 0.3) is 0 Å². The average Bonchev–Trinajstić information content (AvgIpc) is 2.93. The third kappa shape index (κ3) is 5.45. The van der Waals surface area contributed by atoms with Crippen LogP contribution in [0.4, 0.5) is 14.9 Å². The Kier molecular flexibility index (Phi) is 7.04. The first-order valence-corrected chi connectivity index (χ1v) is 13.8. The van der Waals surface area contributed by atoms with Gasteiger partial charge in [-0.3, -0.25) is 9.69 Å². The van der Waals surface area contributed by atoms with Gasteiger partial charge in [-0.15, -0.1) is 0 Å². The second kappa shape index (κ2) is 10.7. The number of pyridine rings is 1. The molecule has 214 valence electrons. The van der Waals surface area contributed by atoms with E-state index >= 15 is 4.39 Å². The lowest BCUT2D eigenvalue weighted by molar-refractivity contribution is 0.0398. The zero-order valence-electron chi connectivity index (χ0n) is 23.4. The van der Waals surface area contributed by atoms with Gasteiger partial charge < -0.3 is 29.4 Å². The van der Waals surface area contributed by atoms with Crippen LogP contribution in [0.2, 0.25) is 0 Å². The zero-order valence-corrected chi connectivity index (χ0v) is 23.4. The molecule has 0 saturated carbocycles. The maximum absolute atomic E-state index is 15.7. The molecule has 41 heavy (non-hydrogen) atoms. The fraction of sp³-hybridized carbons (Fsp3) is 0.355. The number of hydrogen-bond acceptors (Lipinski definition) is 7. The quantitative estimate of drug-likeness (QED) is 0.296. The molecule has 6 rings (SSSR count). The maximum atomic E-state index is 15.7. The van der Waals surface area contributed by atoms with Crippen molar-refractivity contribution in [1.29, 1.82) is 0 Å². The van der Waals surface area contributed by atoms with Crippen molar-refractivity contribution in [2.75, 3.05) is 44.7 Å². The maximum Gasteiger partial charge on any atom is 0.407 e. The van der Waals surface area contributed by atoms with E-state index in [2.05, 4.69) is 15.5 Å². The molecule has 0 atom stereocenters. The fourth-order valence-corrected chi connectivity index (χ4v) is 5.29. The molecule has 2 aliphatic heterocycles. The molecule has 0 unspecified atom stereocenters. The van der Waals surface area contributed by atoms with E-state index in [1.165, 1.54) is 6.07 Å². The smallest absolute Gasteiger partial charge is 0.407 e. The molecule has 1 fully saturated rings. The summed E-state index contributed by atoms with van der Waals surface area (Å²) in [6.07, 6.45) is 1.05. The van der Waals surface area contributed by atoms with Gasteiger partial charge in [-0.05, 0) is 49.7 Å². The van der Waals surface area contributed by atoms with Gasteiger partial charge in [0.15, 0.2) is 22.7 Å². The van der Waals surface area contributed by atoms with E-state index in [1.807, 2.05) is 41.0 Å². The fourth-order valence-electron chi connectivity index (χ4n) is 5.29. The second-order valence-electron chi connectivity index (χ2n) is 11.3. The van der Waals surface area contributed by atoms with E-state index in [9.17, 15) is 9.59 Å². The lowest BCUT2D eigenvalue weighted by Gasteiger charge is -2.28. The van der Waals surface area contributed by atoms with E-state index in [0.717, 1.165) is 23.9 Å². The monoisotopic (exact) mass is 560 g/mol. The second-order valence-corrected chi connectivity index (χ2v) is 11.3. The summed E-state index contributed by atoms with van der Waals surface area (Å²) < 4.78 is 34.7. The van der Waals surface area contributed by atoms with Crippen molar-refractivity contribution >= 4 is 33.5 Å². The number of amides is 1. The van der Waals surface area contributed by atoms with Gasteiger partial charge in [0, 0.05) is 37.9 Å². The number of halogens is 1. The minimum atomic E-state index is -0.685. The molecule has 10 heteroatoms. The number of anilines is 1. The molecule has 0 spiro atoms. The molecule has 0 bridgehead atoms. The summed E-state index contributed by atoms with van der Waals surface area (Å²) in [5.41, 5.74) is 0.606. The summed E-state index contributed by atoms with van der Waals surface area (Å²) in [5, 5.41) is 8.01. The Hall–Kier alpha value is -4.15. The van der Waals surface area contributed by atoms with Gasteiger partial charge in [0.2, 0.25) is 0 Å². The minimum absolute atomic E-state index is 0.0794. The standard InChI is InChI=1S/C31H33FN4O5/c1-31(2,3)41-30(38)34-17-21-18-36-24-14-19-6-4-5-7-20(19)15-25(24)40-29-26(23(32)16-22(27(29)36)28(21)37)33-8-9-35-10-12-39-13-11-35/h4-7,14-16,18,33H,8-13,17H2,1-3H3,(H,34,38). The van der Waals surface area contributed by atoms with Crippen LogP contribution >= 0.6 is 0 Å². The normalized spacial score (nSPS) is 14.9. The Balaban J connectivity index is 1.44. The number of nitrogens with zero attached hydrogens (tertiary/aromatic N) is 2. The largest absolute Gasteiger partial charge is 0.451 e. The number of aromatic nitrogens is 1. The molecule has 2 aliphatic rings. The van der Waals surface area contributed by atoms with Gasteiger partial charge in [-0.25, -0.2) is 9.18 Å². The van der Waals surface area contributed by atoms with E-state index < -0.39 is 17.5 Å². The molecule has 1 saturated heterocycles. The number of fused-ring (bicyclic) bond motifs is 3. The third-order valence-corrected chi connectivity index (χ3v) is 7.22. The highest BCUT2D eigenvalue weighted by Gasteiger charge is 2.28. The van der Waals surface area contributed by atoms with E-state index in [-0.39, 0.29) is 28.8 Å². The van der Waals surface area contributed by atoms with Crippen LogP contribution in [0.3, 0.4) is 0 Å². The number of morpholine rings is 1. The van der Waals surface area contributed by atoms with Crippen molar-refractivity contribution in [3.05, 3.63) is 70.3 Å². The number of carbonyl (C=O) groups is 1. The summed E-state index contributed by atoms with van der Waals surface area (Å²) in [4.78, 5) is 28.2. The Bertz CT molecular complexity index is 1710. The van der Waals surface area contributed by atoms with Crippen molar-refractivity contribution in [1.82, 2.24) is 14.8 Å². The highest BCUT2D eigenvalue weighted by atomic mass is 19.1. The number of alkyl carbamates (subject to hydrolysis) is 1. The minimum Gasteiger partial charge on any atom is -0.451 e. The van der Waals surface area contributed by atoms with Crippen molar-refractivity contribution in [2.45, 2.75) is 32.9 Å². The Labute approximate surface area is 236 Å². The van der Waals surface area contributed by atoms with Gasteiger partial charge >= 0.3 is 6.09 Å². The van der Waals surface area contributed by atoms with Crippen LogP contribution in [0, 0.1) is 5.82 Å². The topological polar surface area (TPSA) is 94.1 Å². The summed E-state index contributed by atoms with van der Waals surface area (Å²) in [7, 11) is 0. The van der Waals surface area contributed by atoms with Crippen LogP contribution in [0.15, 0.2) is 53.5 Å². The molecule has 9 nitrogen and oxygen atoms in total. The van der Waals surface area contributed by atoms with Gasteiger partial charge in [0.05, 0.1) is 30.8 Å². The molecule has 0 radical (unpaired) electrons. The molecule has 3 aromatic carbocycles. The lowest BCUT2D eigenvalue weighted by atomic mass is 10.0. The molecule has 2 N–H and O–H groups in total. The van der Waals surface area contributed by atoms with Crippen LogP contribution in [0.25, 0.3) is 27.4 Å². The summed E-state index contributed by atoms with van der Waals surface area (Å²) in [6, 6.07) is 13.0. The number of nitrogens with one attached hydrogen (secondary N) is 2. The predicted molar refractivity (Wildman–Crippen MR) is 156 cm³/mol. The van der Waals surface area contributed by atoms with Crippen molar-refractivity contribution in [3.8, 4) is 17.2 Å². The molecular weight excluding hydrogens is 527 g/mol. The van der Waals surface area contributed by atoms with E-state index in [0.29, 0.717) is 48.8 Å². The molecular formula is C31H33FN4O5. The lowest BCUT2D eigenvalue weighted by Crippen LogP contribution is -2.39. The van der Waals surface area contributed by atoms with Crippen LogP contribution in [-0.2, 0) is 16.0 Å². The number of carbonyl (C=O) groups excluding carboxylic acids is 1. The molecule has 3 heterocycles. The van der Waals surface area contributed by atoms with Crippen LogP contribution in [0.1, 0.15) is 26.3 Å². The van der Waals surface area contributed by atoms with Gasteiger partial charge in [0.1, 0.15) is 16.8 Å². The van der Waals surface area contributed by atoms with Gasteiger partial charge in [-0.1, -0.05) is 24.3 Å². The first-order valence-electron chi connectivity index (χ1n) is 13.8. The molecule has 4 aromatic rings. The Morgan fingerprint density at radius 3 is 2.56 bits per heavy atom. The van der Waals surface area contributed by atoms with Crippen LogP contribution in [0.5, 0.6) is 11.5 Å². The van der Waals surface area contributed by atoms with Crippen molar-refractivity contribution < 1.29 is 23.4 Å². The Morgan fingerprint density at radius 2 is 1.83 bits per heavy atom. The first kappa shape index (κ1) is 27.0. The number of benzene rings is 3. The number of hydrogen-bond donors (Lipinski definition) is 2. The third-order valence-electron chi connectivity index (χ3n) is 7.22. The SMILES string of the molecule is CC(C)(C)OC(=O)NCc1cn2c3c(c(NCCN4CCOCC4)c(F)cc3c1=O)Oc1cc3ccccc3cc1-2. The molecule has 1 amide bonds. The average molecular weight is 561 g/mol. The van der Waals surface area contributed by atoms with E-state index in [4.69, 9.17) is 14.2 Å². The molecule has 1 aromatic heterocycles. The molecule has 0 aliphatic carbocycles. The first-order chi connectivity index (χ1) is 19.7. The zero-order chi connectivity index (χ0) is 28.7. The summed E-state index contributed by atoms with van der Waals surface area (Å²) in [6.45, 7) is 9.43. The summed E-state index contributed by atoms with van der Waals surface area (Å²) in [5.74, 6) is 0.210. The highest BCUT2D eigenvalue weighted by Crippen LogP contribution is 2.46. The van der Waals surface area contributed by atoms with Crippen LogP contribution in [-0.4, -0.2) is 60.6 Å². The van der Waals surface area contributed by atoms with E-state index in [1.54, 1.807) is 27.0 Å². The Morgan fingerprint density at radius 1 is 1.10 bits per heavy atom. The van der Waals surface area contributed by atoms with Crippen LogP contribution < -0.4 is 20.8 Å². The van der Waals surface area contributed by atoms with Crippen molar-refractivity contribution in [3.63, 3.8) is 0 Å². The summed E-state index contributed by atoms with van der Waals surface area (Å²) >= 11 is 0. The van der Waals surface area contributed by atoms with Gasteiger partial charge in [-0.2, -0.15) is 0 Å². The number of rotatable bonds is 6. The predicted octanol–water partition coefficient (Wildman–Crippen LogP) is 5.16.